The number of aromatic amines is 1. The predicted molar refractivity (Wildman–Crippen MR) is 164 cm³/mol. The summed E-state index contributed by atoms with van der Waals surface area (Å²) < 4.78 is 11.4. The first kappa shape index (κ1) is 30.4. The van der Waals surface area contributed by atoms with Gasteiger partial charge >= 0.3 is 11.9 Å². The summed E-state index contributed by atoms with van der Waals surface area (Å²) >= 11 is 0. The third kappa shape index (κ3) is 5.32. The lowest BCUT2D eigenvalue weighted by Gasteiger charge is -2.57. The predicted octanol–water partition coefficient (Wildman–Crippen LogP) is 5.76. The van der Waals surface area contributed by atoms with Crippen molar-refractivity contribution in [1.29, 1.82) is 0 Å². The smallest absolute Gasteiger partial charge is 0.352 e. The van der Waals surface area contributed by atoms with Crippen LogP contribution in [-0.2, 0) is 25.5 Å². The molecule has 2 aromatic rings. The van der Waals surface area contributed by atoms with Crippen molar-refractivity contribution in [2.45, 2.75) is 90.6 Å². The fourth-order valence-electron chi connectivity index (χ4n) is 9.35. The number of benzene rings is 1. The summed E-state index contributed by atoms with van der Waals surface area (Å²) in [4.78, 5) is 52.4. The minimum Gasteiger partial charge on any atom is -0.497 e. The van der Waals surface area contributed by atoms with Crippen LogP contribution in [-0.4, -0.2) is 53.5 Å². The molecular formula is C35H44N2O7. The summed E-state index contributed by atoms with van der Waals surface area (Å²) in [6.07, 6.45) is 9.94. The Labute approximate surface area is 258 Å². The van der Waals surface area contributed by atoms with Gasteiger partial charge in [0.05, 0.1) is 13.5 Å². The van der Waals surface area contributed by atoms with E-state index in [2.05, 4.69) is 24.1 Å². The zero-order valence-electron chi connectivity index (χ0n) is 26.0. The molecule has 6 atom stereocenters. The first-order valence-electron chi connectivity index (χ1n) is 16.2. The Balaban J connectivity index is 1.01. The van der Waals surface area contributed by atoms with Crippen LogP contribution in [0.25, 0.3) is 10.9 Å². The van der Waals surface area contributed by atoms with Crippen molar-refractivity contribution in [3.05, 3.63) is 41.1 Å². The standard InChI is InChI=1S/C35H44N2O7/c1-34-15-12-21(38)18-20(34)4-6-24-26-7-9-29(35(26,2)16-13-27(24)34)44-31(40)11-10-30(39)36-17-14-23-25-19-22(43-3)5-8-28(25)37-32(23)33(41)42/h5,8,18-19,24,26-27,29,37H,4,6-7,9-17H2,1-3H3,(H,36,39)(H,41,42). The maximum atomic E-state index is 12.9. The van der Waals surface area contributed by atoms with Crippen LogP contribution in [0.4, 0.5) is 0 Å². The number of rotatable bonds is 9. The SMILES string of the molecule is COc1ccc2[nH]c(C(=O)O)c(CCNC(=O)CCC(=O)OC3CCC4C5CCC6=CC(=O)CCC6(C)C5CCC34C)c2c1. The van der Waals surface area contributed by atoms with Crippen molar-refractivity contribution < 1.29 is 33.8 Å². The van der Waals surface area contributed by atoms with Gasteiger partial charge in [-0.1, -0.05) is 19.4 Å². The van der Waals surface area contributed by atoms with Gasteiger partial charge in [0.2, 0.25) is 5.91 Å². The molecule has 9 heteroatoms. The highest BCUT2D eigenvalue weighted by molar-refractivity contribution is 5.98. The molecular weight excluding hydrogens is 560 g/mol. The highest BCUT2D eigenvalue weighted by Gasteiger charge is 2.60. The third-order valence-electron chi connectivity index (χ3n) is 11.7. The van der Waals surface area contributed by atoms with Gasteiger partial charge in [0.15, 0.2) is 5.78 Å². The van der Waals surface area contributed by atoms with E-state index in [1.165, 1.54) is 5.57 Å². The number of nitrogens with one attached hydrogen (secondary N) is 2. The minimum atomic E-state index is -1.06. The number of esters is 1. The second-order valence-electron chi connectivity index (χ2n) is 13.9. The highest BCUT2D eigenvalue weighted by Crippen LogP contribution is 2.65. The quantitative estimate of drug-likeness (QED) is 0.310. The second kappa shape index (κ2) is 11.7. The molecule has 44 heavy (non-hydrogen) atoms. The number of aromatic carboxylic acids is 1. The average molecular weight is 605 g/mol. The number of methoxy groups -OCH3 is 1. The maximum absolute atomic E-state index is 12.9. The number of fused-ring (bicyclic) bond motifs is 6. The lowest BCUT2D eigenvalue weighted by Crippen LogP contribution is -2.51. The molecule has 4 aliphatic carbocycles. The second-order valence-corrected chi connectivity index (χ2v) is 13.9. The molecule has 3 saturated carbocycles. The van der Waals surface area contributed by atoms with Crippen LogP contribution in [0.5, 0.6) is 5.75 Å². The van der Waals surface area contributed by atoms with Gasteiger partial charge in [-0.2, -0.15) is 0 Å². The van der Waals surface area contributed by atoms with E-state index in [-0.39, 0.29) is 59.7 Å². The van der Waals surface area contributed by atoms with Gasteiger partial charge in [-0.05, 0) is 104 Å². The number of carbonyl (C=O) groups excluding carboxylic acids is 3. The largest absolute Gasteiger partial charge is 0.497 e. The highest BCUT2D eigenvalue weighted by atomic mass is 16.5. The number of carboxylic acids is 1. The van der Waals surface area contributed by atoms with Crippen molar-refractivity contribution >= 4 is 34.5 Å². The fraction of sp³-hybridized carbons (Fsp3) is 0.600. The Hall–Kier alpha value is -3.62. The van der Waals surface area contributed by atoms with Crippen molar-refractivity contribution in [3.8, 4) is 5.75 Å². The number of aromatic nitrogens is 1. The summed E-state index contributed by atoms with van der Waals surface area (Å²) in [7, 11) is 1.55. The van der Waals surface area contributed by atoms with Crippen LogP contribution in [0.2, 0.25) is 0 Å². The van der Waals surface area contributed by atoms with E-state index < -0.39 is 5.97 Å². The van der Waals surface area contributed by atoms with E-state index in [0.717, 1.165) is 50.3 Å². The number of hydrogen-bond acceptors (Lipinski definition) is 6. The summed E-state index contributed by atoms with van der Waals surface area (Å²) in [5.41, 5.74) is 2.81. The number of carboxylic acid groups (broad SMARTS) is 1. The molecule has 236 valence electrons. The van der Waals surface area contributed by atoms with Gasteiger partial charge < -0.3 is 24.9 Å². The first-order chi connectivity index (χ1) is 21.0. The molecule has 1 aromatic carbocycles. The van der Waals surface area contributed by atoms with Gasteiger partial charge in [-0.25, -0.2) is 4.79 Å². The van der Waals surface area contributed by atoms with E-state index in [1.807, 2.05) is 6.08 Å². The van der Waals surface area contributed by atoms with Crippen LogP contribution >= 0.6 is 0 Å². The molecule has 3 fully saturated rings. The van der Waals surface area contributed by atoms with Gasteiger partial charge in [-0.3, -0.25) is 14.4 Å². The molecule has 0 saturated heterocycles. The van der Waals surface area contributed by atoms with Crippen LogP contribution < -0.4 is 10.1 Å². The molecule has 0 spiro atoms. The van der Waals surface area contributed by atoms with E-state index in [1.54, 1.807) is 25.3 Å². The molecule has 9 nitrogen and oxygen atoms in total. The Morgan fingerprint density at radius 2 is 1.86 bits per heavy atom. The topological polar surface area (TPSA) is 135 Å². The Kier molecular flexibility index (Phi) is 8.09. The fourth-order valence-corrected chi connectivity index (χ4v) is 9.35. The molecule has 6 unspecified atom stereocenters. The Morgan fingerprint density at radius 3 is 2.64 bits per heavy atom. The Bertz CT molecular complexity index is 1520. The number of ether oxygens (including phenoxy) is 2. The van der Waals surface area contributed by atoms with Crippen LogP contribution in [0.1, 0.15) is 94.1 Å². The summed E-state index contributed by atoms with van der Waals surface area (Å²) in [6, 6.07) is 5.32. The zero-order valence-corrected chi connectivity index (χ0v) is 26.0. The van der Waals surface area contributed by atoms with Crippen molar-refractivity contribution in [2.24, 2.45) is 28.6 Å². The van der Waals surface area contributed by atoms with Gasteiger partial charge in [0.1, 0.15) is 17.5 Å². The van der Waals surface area contributed by atoms with Gasteiger partial charge in [0.25, 0.3) is 0 Å². The maximum Gasteiger partial charge on any atom is 0.352 e. The number of amides is 1. The van der Waals surface area contributed by atoms with Crippen molar-refractivity contribution in [1.82, 2.24) is 10.3 Å². The molecule has 4 aliphatic rings. The minimum absolute atomic E-state index is 0.0139. The van der Waals surface area contributed by atoms with Gasteiger partial charge in [-0.15, -0.1) is 0 Å². The molecule has 0 aliphatic heterocycles. The zero-order chi connectivity index (χ0) is 31.2. The number of hydrogen-bond donors (Lipinski definition) is 3. The summed E-state index contributed by atoms with van der Waals surface area (Å²) in [6.45, 7) is 4.92. The van der Waals surface area contributed by atoms with E-state index in [4.69, 9.17) is 9.47 Å². The molecule has 1 amide bonds. The lowest BCUT2D eigenvalue weighted by atomic mass is 9.47. The number of carbonyl (C=O) groups is 4. The molecule has 0 bridgehead atoms. The third-order valence-corrected chi connectivity index (χ3v) is 11.7. The summed E-state index contributed by atoms with van der Waals surface area (Å²) in [5, 5.41) is 13.2. The van der Waals surface area contributed by atoms with Gasteiger partial charge in [0, 0.05) is 35.7 Å². The first-order valence-corrected chi connectivity index (χ1v) is 16.2. The van der Waals surface area contributed by atoms with Crippen LogP contribution in [0.3, 0.4) is 0 Å². The van der Waals surface area contributed by atoms with Crippen molar-refractivity contribution in [2.75, 3.05) is 13.7 Å². The number of ketones is 1. The van der Waals surface area contributed by atoms with E-state index >= 15 is 0 Å². The monoisotopic (exact) mass is 604 g/mol. The molecule has 3 N–H and O–H groups in total. The molecule has 6 rings (SSSR count). The van der Waals surface area contributed by atoms with E-state index in [0.29, 0.717) is 47.4 Å². The molecule has 1 aromatic heterocycles. The molecule has 1 heterocycles. The summed E-state index contributed by atoms with van der Waals surface area (Å²) in [5.74, 6) is 0.928. The van der Waals surface area contributed by atoms with E-state index in [9.17, 15) is 24.3 Å². The molecule has 0 radical (unpaired) electrons. The normalized spacial score (nSPS) is 31.0. The Morgan fingerprint density at radius 1 is 1.05 bits per heavy atom. The number of allylic oxidation sites excluding steroid dienone is 1. The van der Waals surface area contributed by atoms with Crippen LogP contribution in [0.15, 0.2) is 29.8 Å². The van der Waals surface area contributed by atoms with Crippen LogP contribution in [0, 0.1) is 28.6 Å². The number of H-pyrrole nitrogens is 1. The average Bonchev–Trinajstić information content (AvgIpc) is 3.53. The lowest BCUT2D eigenvalue weighted by molar-refractivity contribution is -0.160. The van der Waals surface area contributed by atoms with Crippen molar-refractivity contribution in [3.63, 3.8) is 0 Å².